The molecule has 3 aromatic heterocycles. The van der Waals surface area contributed by atoms with Gasteiger partial charge in [0.1, 0.15) is 6.23 Å². The molecular weight excluding hydrogens is 486 g/mol. The first kappa shape index (κ1) is 23.6. The topological polar surface area (TPSA) is 74.8 Å². The van der Waals surface area contributed by atoms with Crippen LogP contribution in [0.1, 0.15) is 32.9 Å². The lowest BCUT2D eigenvalue weighted by molar-refractivity contribution is -0.00304. The van der Waals surface area contributed by atoms with Crippen LogP contribution in [-0.2, 0) is 4.74 Å². The molecule has 0 unspecified atom stereocenters. The van der Waals surface area contributed by atoms with Crippen LogP contribution in [-0.4, -0.2) is 30.2 Å². The van der Waals surface area contributed by atoms with Crippen molar-refractivity contribution in [2.75, 3.05) is 0 Å². The van der Waals surface area contributed by atoms with Gasteiger partial charge in [-0.25, -0.2) is 4.98 Å². The minimum Gasteiger partial charge on any atom is -0.354 e. The number of ether oxygens (including phenoxy) is 1. The molecule has 0 bridgehead atoms. The number of hydrogen-bond donors (Lipinski definition) is 0. The summed E-state index contributed by atoms with van der Waals surface area (Å²) in [5.41, 5.74) is 3.88. The third-order valence-electron chi connectivity index (χ3n) is 7.07. The number of halogens is 1. The molecule has 4 heterocycles. The molecule has 0 spiro atoms. The van der Waals surface area contributed by atoms with Gasteiger partial charge in [-0.05, 0) is 41.5 Å². The molecule has 0 N–H and O–H groups in total. The first-order valence-electron chi connectivity index (χ1n) is 12.5. The lowest BCUT2D eigenvalue weighted by Crippen LogP contribution is -2.14. The van der Waals surface area contributed by atoms with E-state index in [2.05, 4.69) is 28.8 Å². The van der Waals surface area contributed by atoms with Crippen molar-refractivity contribution in [3.05, 3.63) is 94.9 Å². The summed E-state index contributed by atoms with van der Waals surface area (Å²) < 4.78 is 10.1. The monoisotopic (exact) mass is 511 g/mol. The molecule has 6 rings (SSSR count). The normalized spacial score (nSPS) is 19.5. The highest BCUT2D eigenvalue weighted by Crippen LogP contribution is 2.36. The van der Waals surface area contributed by atoms with E-state index in [0.717, 1.165) is 24.0 Å². The number of rotatable bonds is 5. The van der Waals surface area contributed by atoms with Crippen LogP contribution in [0.25, 0.3) is 39.2 Å². The SMILES string of the molecule is CC[C@@H]1O[C@@H](n2cnc3c(-n4cc(-c5ccccc5)c(=O)c(-c5ccccc5)c4)nc(Cl)nc32)C[C@@H]1C. The number of fused-ring (bicyclic) bond motifs is 1. The summed E-state index contributed by atoms with van der Waals surface area (Å²) in [6.45, 7) is 4.34. The maximum Gasteiger partial charge on any atom is 0.226 e. The summed E-state index contributed by atoms with van der Waals surface area (Å²) >= 11 is 6.46. The summed E-state index contributed by atoms with van der Waals surface area (Å²) in [6, 6.07) is 19.2. The van der Waals surface area contributed by atoms with E-state index in [9.17, 15) is 4.79 Å². The Balaban J connectivity index is 1.56. The molecular formula is C29H26ClN5O2. The lowest BCUT2D eigenvalue weighted by atomic mass is 10.0. The van der Waals surface area contributed by atoms with Crippen molar-refractivity contribution in [1.29, 1.82) is 0 Å². The van der Waals surface area contributed by atoms with Gasteiger partial charge in [0.05, 0.1) is 12.4 Å². The third kappa shape index (κ3) is 4.24. The van der Waals surface area contributed by atoms with Crippen LogP contribution in [0.15, 0.2) is 84.2 Å². The van der Waals surface area contributed by atoms with Crippen LogP contribution in [0, 0.1) is 5.92 Å². The fourth-order valence-corrected chi connectivity index (χ4v) is 5.31. The Kier molecular flexibility index (Phi) is 6.10. The summed E-state index contributed by atoms with van der Waals surface area (Å²) in [4.78, 5) is 27.4. The average Bonchev–Trinajstić information content (AvgIpc) is 3.52. The van der Waals surface area contributed by atoms with Crippen LogP contribution in [0.4, 0.5) is 0 Å². The fourth-order valence-electron chi connectivity index (χ4n) is 5.15. The Hall–Kier alpha value is -3.81. The number of hydrogen-bond acceptors (Lipinski definition) is 5. The molecule has 0 saturated carbocycles. The zero-order valence-corrected chi connectivity index (χ0v) is 21.3. The third-order valence-corrected chi connectivity index (χ3v) is 7.24. The van der Waals surface area contributed by atoms with Crippen LogP contribution in [0.2, 0.25) is 5.28 Å². The zero-order valence-electron chi connectivity index (χ0n) is 20.6. The molecule has 186 valence electrons. The van der Waals surface area contributed by atoms with Gasteiger partial charge in [-0.15, -0.1) is 0 Å². The molecule has 2 aromatic carbocycles. The Morgan fingerprint density at radius 3 is 2.16 bits per heavy atom. The van der Waals surface area contributed by atoms with Crippen LogP contribution in [0.3, 0.4) is 0 Å². The maximum atomic E-state index is 13.6. The van der Waals surface area contributed by atoms with Gasteiger partial charge < -0.3 is 9.30 Å². The molecule has 0 radical (unpaired) electrons. The highest BCUT2D eigenvalue weighted by atomic mass is 35.5. The highest BCUT2D eigenvalue weighted by Gasteiger charge is 2.33. The Morgan fingerprint density at radius 2 is 1.59 bits per heavy atom. The number of aromatic nitrogens is 5. The van der Waals surface area contributed by atoms with E-state index in [-0.39, 0.29) is 23.0 Å². The first-order chi connectivity index (χ1) is 18.0. The maximum absolute atomic E-state index is 13.6. The van der Waals surface area contributed by atoms with Gasteiger partial charge in [-0.3, -0.25) is 9.36 Å². The predicted octanol–water partition coefficient (Wildman–Crippen LogP) is 6.30. The predicted molar refractivity (Wildman–Crippen MR) is 145 cm³/mol. The van der Waals surface area contributed by atoms with Crippen molar-refractivity contribution >= 4 is 22.8 Å². The quantitative estimate of drug-likeness (QED) is 0.259. The molecule has 7 nitrogen and oxygen atoms in total. The standard InChI is InChI=1S/C29H26ClN5O2/c1-3-23-18(2)14-24(37-23)35-17-31-25-27(32-29(30)33-28(25)35)34-15-21(19-10-6-4-7-11-19)26(36)22(16-34)20-12-8-5-9-13-20/h4-13,15-18,23-24H,3,14H2,1-2H3/t18-,23-,24+/m0/s1. The fraction of sp³-hybridized carbons (Fsp3) is 0.241. The van der Waals surface area contributed by atoms with Crippen molar-refractivity contribution < 1.29 is 4.74 Å². The molecule has 1 aliphatic heterocycles. The van der Waals surface area contributed by atoms with E-state index in [4.69, 9.17) is 16.3 Å². The van der Waals surface area contributed by atoms with Crippen molar-refractivity contribution in [3.63, 3.8) is 0 Å². The van der Waals surface area contributed by atoms with Crippen molar-refractivity contribution in [2.24, 2.45) is 5.92 Å². The number of nitrogens with zero attached hydrogens (tertiary/aromatic N) is 5. The molecule has 0 amide bonds. The molecule has 8 heteroatoms. The van der Waals surface area contributed by atoms with Gasteiger partial charge in [0.2, 0.25) is 5.28 Å². The molecule has 1 saturated heterocycles. The zero-order chi connectivity index (χ0) is 25.5. The largest absolute Gasteiger partial charge is 0.354 e. The van der Waals surface area contributed by atoms with Crippen molar-refractivity contribution in [2.45, 2.75) is 39.0 Å². The molecule has 1 fully saturated rings. The summed E-state index contributed by atoms with van der Waals surface area (Å²) in [5, 5.41) is 0.101. The van der Waals surface area contributed by atoms with Crippen molar-refractivity contribution in [1.82, 2.24) is 24.1 Å². The number of benzene rings is 2. The first-order valence-corrected chi connectivity index (χ1v) is 12.8. The van der Waals surface area contributed by atoms with E-state index >= 15 is 0 Å². The average molecular weight is 512 g/mol. The van der Waals surface area contributed by atoms with Gasteiger partial charge in [-0.1, -0.05) is 74.5 Å². The van der Waals surface area contributed by atoms with Gasteiger partial charge in [0, 0.05) is 23.5 Å². The Bertz CT molecular complexity index is 1570. The van der Waals surface area contributed by atoms with Gasteiger partial charge in [0.15, 0.2) is 22.4 Å². The lowest BCUT2D eigenvalue weighted by Gasteiger charge is -2.15. The number of pyridine rings is 1. The summed E-state index contributed by atoms with van der Waals surface area (Å²) in [6.07, 6.45) is 7.18. The van der Waals surface area contributed by atoms with E-state index < -0.39 is 0 Å². The summed E-state index contributed by atoms with van der Waals surface area (Å²) in [5.74, 6) is 0.936. The van der Waals surface area contributed by atoms with E-state index in [1.165, 1.54) is 0 Å². The van der Waals surface area contributed by atoms with E-state index in [1.54, 1.807) is 18.7 Å². The minimum atomic E-state index is -0.169. The van der Waals surface area contributed by atoms with Crippen molar-refractivity contribution in [3.8, 4) is 28.1 Å². The summed E-state index contributed by atoms with van der Waals surface area (Å²) in [7, 11) is 0. The molecule has 5 aromatic rings. The number of imidazole rings is 1. The van der Waals surface area contributed by atoms with Crippen LogP contribution < -0.4 is 5.43 Å². The molecule has 3 atom stereocenters. The second kappa shape index (κ2) is 9.57. The smallest absolute Gasteiger partial charge is 0.226 e. The van der Waals surface area contributed by atoms with Gasteiger partial charge >= 0.3 is 0 Å². The van der Waals surface area contributed by atoms with E-state index in [1.807, 2.05) is 69.8 Å². The van der Waals surface area contributed by atoms with Crippen LogP contribution >= 0.6 is 11.6 Å². The Labute approximate surface area is 219 Å². The minimum absolute atomic E-state index is 0.0606. The van der Waals surface area contributed by atoms with Crippen LogP contribution in [0.5, 0.6) is 0 Å². The highest BCUT2D eigenvalue weighted by molar-refractivity contribution is 6.28. The second-order valence-electron chi connectivity index (χ2n) is 9.44. The van der Waals surface area contributed by atoms with E-state index in [0.29, 0.717) is 34.0 Å². The second-order valence-corrected chi connectivity index (χ2v) is 9.78. The molecule has 1 aliphatic rings. The molecule has 0 aliphatic carbocycles. The van der Waals surface area contributed by atoms with Gasteiger partial charge in [-0.2, -0.15) is 9.97 Å². The molecule has 37 heavy (non-hydrogen) atoms. The van der Waals surface area contributed by atoms with Gasteiger partial charge in [0.25, 0.3) is 0 Å². The Morgan fingerprint density at radius 1 is 0.973 bits per heavy atom.